The number of hydrogen-bond donors (Lipinski definition) is 1. The van der Waals surface area contributed by atoms with Crippen LogP contribution in [0.15, 0.2) is 58.3 Å². The number of hydrogen-bond acceptors (Lipinski definition) is 8. The van der Waals surface area contributed by atoms with Crippen molar-refractivity contribution in [2.45, 2.75) is 12.5 Å². The first kappa shape index (κ1) is 20.1. The Balaban J connectivity index is 1.50. The number of rotatable bonds is 6. The number of benzene rings is 1. The maximum Gasteiger partial charge on any atom is 0.342 e. The molecule has 0 bridgehead atoms. The van der Waals surface area contributed by atoms with E-state index >= 15 is 0 Å². The smallest absolute Gasteiger partial charge is 0.342 e. The third-order valence-electron chi connectivity index (χ3n) is 4.59. The molecule has 1 unspecified atom stereocenters. The molecule has 1 aliphatic heterocycles. The van der Waals surface area contributed by atoms with Crippen LogP contribution in [0, 0.1) is 0 Å². The Hall–Kier alpha value is -3.17. The SMILES string of the molecule is COc1ccc(O)c(C(=O)OCC(=O)N2N=C(c3cccs3)CC2c2cccs2)c1. The number of phenolic OH excluding ortho intramolecular Hbond substituents is 1. The van der Waals surface area contributed by atoms with E-state index in [1.807, 2.05) is 35.0 Å². The number of hydrazone groups is 1. The van der Waals surface area contributed by atoms with Crippen LogP contribution in [0.1, 0.15) is 32.6 Å². The van der Waals surface area contributed by atoms with Gasteiger partial charge in [0.15, 0.2) is 6.61 Å². The van der Waals surface area contributed by atoms with Crippen LogP contribution in [0.25, 0.3) is 0 Å². The maximum atomic E-state index is 12.9. The quantitative estimate of drug-likeness (QED) is 0.582. The third kappa shape index (κ3) is 4.07. The summed E-state index contributed by atoms with van der Waals surface area (Å²) in [6, 6.07) is 11.8. The van der Waals surface area contributed by atoms with Gasteiger partial charge in [0.05, 0.1) is 23.7 Å². The predicted octanol–water partition coefficient (Wildman–Crippen LogP) is 4.06. The Morgan fingerprint density at radius 3 is 2.70 bits per heavy atom. The van der Waals surface area contributed by atoms with Crippen LogP contribution >= 0.6 is 22.7 Å². The molecule has 2 aromatic heterocycles. The molecule has 0 saturated carbocycles. The predicted molar refractivity (Wildman–Crippen MR) is 114 cm³/mol. The fourth-order valence-electron chi connectivity index (χ4n) is 3.11. The molecule has 1 N–H and O–H groups in total. The number of esters is 1. The van der Waals surface area contributed by atoms with E-state index in [0.717, 1.165) is 15.5 Å². The number of ether oxygens (including phenoxy) is 2. The van der Waals surface area contributed by atoms with E-state index < -0.39 is 18.5 Å². The molecule has 1 aliphatic rings. The van der Waals surface area contributed by atoms with Gasteiger partial charge in [-0.05, 0) is 41.1 Å². The van der Waals surface area contributed by atoms with Crippen LogP contribution < -0.4 is 4.74 Å². The summed E-state index contributed by atoms with van der Waals surface area (Å²) in [5.41, 5.74) is 0.759. The minimum Gasteiger partial charge on any atom is -0.507 e. The topological polar surface area (TPSA) is 88.4 Å². The van der Waals surface area contributed by atoms with E-state index in [2.05, 4.69) is 5.10 Å². The van der Waals surface area contributed by atoms with Gasteiger partial charge in [-0.3, -0.25) is 4.79 Å². The highest BCUT2D eigenvalue weighted by atomic mass is 32.1. The molecule has 0 saturated heterocycles. The molecule has 30 heavy (non-hydrogen) atoms. The van der Waals surface area contributed by atoms with Crippen LogP contribution in [-0.2, 0) is 9.53 Å². The first-order chi connectivity index (χ1) is 14.6. The fraction of sp³-hybridized carbons (Fsp3) is 0.190. The highest BCUT2D eigenvalue weighted by molar-refractivity contribution is 7.12. The Bertz CT molecular complexity index is 1080. The van der Waals surface area contributed by atoms with Gasteiger partial charge in [-0.15, -0.1) is 22.7 Å². The molecule has 1 aromatic carbocycles. The third-order valence-corrected chi connectivity index (χ3v) is 6.49. The van der Waals surface area contributed by atoms with E-state index in [-0.39, 0.29) is 17.4 Å². The number of phenols is 1. The lowest BCUT2D eigenvalue weighted by Crippen LogP contribution is -2.31. The summed E-state index contributed by atoms with van der Waals surface area (Å²) in [5, 5.41) is 19.7. The van der Waals surface area contributed by atoms with Crippen molar-refractivity contribution < 1.29 is 24.2 Å². The van der Waals surface area contributed by atoms with E-state index in [1.54, 1.807) is 22.7 Å². The molecule has 0 radical (unpaired) electrons. The summed E-state index contributed by atoms with van der Waals surface area (Å²) in [6.45, 7) is -0.488. The van der Waals surface area contributed by atoms with Crippen LogP contribution in [-0.4, -0.2) is 41.4 Å². The van der Waals surface area contributed by atoms with Gasteiger partial charge >= 0.3 is 5.97 Å². The van der Waals surface area contributed by atoms with Gasteiger partial charge in [-0.25, -0.2) is 9.80 Å². The number of thiophene rings is 2. The lowest BCUT2D eigenvalue weighted by molar-refractivity contribution is -0.136. The Morgan fingerprint density at radius 1 is 1.20 bits per heavy atom. The molecule has 3 heterocycles. The van der Waals surface area contributed by atoms with Crippen molar-refractivity contribution in [2.24, 2.45) is 5.10 Å². The van der Waals surface area contributed by atoms with E-state index in [4.69, 9.17) is 9.47 Å². The lowest BCUT2D eigenvalue weighted by atomic mass is 10.1. The van der Waals surface area contributed by atoms with Gasteiger partial charge in [0.25, 0.3) is 5.91 Å². The van der Waals surface area contributed by atoms with Gasteiger partial charge in [-0.2, -0.15) is 5.10 Å². The molecule has 0 fully saturated rings. The molecule has 0 aliphatic carbocycles. The number of nitrogens with zero attached hydrogens (tertiary/aromatic N) is 2. The summed E-state index contributed by atoms with van der Waals surface area (Å²) in [5.74, 6) is -1.10. The summed E-state index contributed by atoms with van der Waals surface area (Å²) in [7, 11) is 1.45. The van der Waals surface area contributed by atoms with Crippen LogP contribution in [0.4, 0.5) is 0 Å². The number of amides is 1. The van der Waals surface area contributed by atoms with Gasteiger partial charge in [0.2, 0.25) is 0 Å². The molecule has 154 valence electrons. The van der Waals surface area contributed by atoms with Crippen LogP contribution in [0.2, 0.25) is 0 Å². The second-order valence-electron chi connectivity index (χ2n) is 6.46. The highest BCUT2D eigenvalue weighted by Crippen LogP contribution is 2.36. The number of carbonyl (C=O) groups is 2. The zero-order valence-electron chi connectivity index (χ0n) is 16.0. The van der Waals surface area contributed by atoms with Crippen LogP contribution in [0.5, 0.6) is 11.5 Å². The van der Waals surface area contributed by atoms with Crippen molar-refractivity contribution in [1.29, 1.82) is 0 Å². The molecule has 1 amide bonds. The fourth-order valence-corrected chi connectivity index (χ4v) is 4.64. The van der Waals surface area contributed by atoms with Crippen LogP contribution in [0.3, 0.4) is 0 Å². The number of carbonyl (C=O) groups excluding carboxylic acids is 2. The van der Waals surface area contributed by atoms with Gasteiger partial charge in [-0.1, -0.05) is 12.1 Å². The first-order valence-electron chi connectivity index (χ1n) is 9.07. The molecule has 4 rings (SSSR count). The Morgan fingerprint density at radius 2 is 2.00 bits per heavy atom. The van der Waals surface area contributed by atoms with Crippen molar-refractivity contribution in [3.05, 3.63) is 68.5 Å². The van der Waals surface area contributed by atoms with Gasteiger partial charge in [0.1, 0.15) is 17.1 Å². The molecule has 3 aromatic rings. The van der Waals surface area contributed by atoms with Gasteiger partial charge in [0, 0.05) is 11.3 Å². The molecular weight excluding hydrogens is 424 g/mol. The maximum absolute atomic E-state index is 12.9. The Labute approximate surface area is 180 Å². The molecule has 7 nitrogen and oxygen atoms in total. The summed E-state index contributed by atoms with van der Waals surface area (Å²) in [6.07, 6.45) is 0.595. The molecule has 0 spiro atoms. The summed E-state index contributed by atoms with van der Waals surface area (Å²) in [4.78, 5) is 27.3. The van der Waals surface area contributed by atoms with E-state index in [1.165, 1.54) is 30.3 Å². The average Bonchev–Trinajstić information content (AvgIpc) is 3.52. The van der Waals surface area contributed by atoms with Gasteiger partial charge < -0.3 is 14.6 Å². The second-order valence-corrected chi connectivity index (χ2v) is 8.38. The normalized spacial score (nSPS) is 15.7. The van der Waals surface area contributed by atoms with Crippen molar-refractivity contribution in [3.63, 3.8) is 0 Å². The largest absolute Gasteiger partial charge is 0.507 e. The van der Waals surface area contributed by atoms with Crippen molar-refractivity contribution in [3.8, 4) is 11.5 Å². The second kappa shape index (κ2) is 8.68. The zero-order chi connectivity index (χ0) is 21.1. The highest BCUT2D eigenvalue weighted by Gasteiger charge is 2.34. The minimum absolute atomic E-state index is 0.0684. The first-order valence-corrected chi connectivity index (χ1v) is 10.8. The van der Waals surface area contributed by atoms with Crippen molar-refractivity contribution >= 4 is 40.3 Å². The summed E-state index contributed by atoms with van der Waals surface area (Å²) >= 11 is 3.11. The minimum atomic E-state index is -0.811. The molecule has 9 heteroatoms. The lowest BCUT2D eigenvalue weighted by Gasteiger charge is -2.20. The Kier molecular flexibility index (Phi) is 5.82. The molecule has 1 atom stereocenters. The van der Waals surface area contributed by atoms with Crippen molar-refractivity contribution in [1.82, 2.24) is 5.01 Å². The zero-order valence-corrected chi connectivity index (χ0v) is 17.6. The molecular formula is C21H18N2O5S2. The monoisotopic (exact) mass is 442 g/mol. The average molecular weight is 443 g/mol. The number of methoxy groups -OCH3 is 1. The van der Waals surface area contributed by atoms with Crippen molar-refractivity contribution in [2.75, 3.05) is 13.7 Å². The van der Waals surface area contributed by atoms with E-state index in [0.29, 0.717) is 12.2 Å². The standard InChI is InChI=1S/C21H18N2O5S2/c1-27-13-6-7-17(24)14(10-13)21(26)28-12-20(25)23-16(19-5-3-9-30-19)11-15(22-23)18-4-2-8-29-18/h2-10,16,24H,11-12H2,1H3. The van der Waals surface area contributed by atoms with E-state index in [9.17, 15) is 14.7 Å². The number of aromatic hydroxyl groups is 1. The summed E-state index contributed by atoms with van der Waals surface area (Å²) < 4.78 is 10.2.